The first kappa shape index (κ1) is 13.1. The summed E-state index contributed by atoms with van der Waals surface area (Å²) in [4.78, 5) is 13.9. The summed E-state index contributed by atoms with van der Waals surface area (Å²) in [6, 6.07) is 6.27. The lowest BCUT2D eigenvalue weighted by Gasteiger charge is -2.11. The summed E-state index contributed by atoms with van der Waals surface area (Å²) in [5.74, 6) is 0. The Morgan fingerprint density at radius 2 is 2.00 bits per heavy atom. The lowest BCUT2D eigenvalue weighted by molar-refractivity contribution is -0.384. The molecular formula is C11H8F3N3O2. The van der Waals surface area contributed by atoms with Gasteiger partial charge in [0.05, 0.1) is 10.4 Å². The van der Waals surface area contributed by atoms with Crippen LogP contribution in [-0.2, 0) is 0 Å². The van der Waals surface area contributed by atoms with E-state index in [0.29, 0.717) is 5.52 Å². The van der Waals surface area contributed by atoms with Gasteiger partial charge in [-0.05, 0) is 6.07 Å². The van der Waals surface area contributed by atoms with Gasteiger partial charge in [-0.1, -0.05) is 18.2 Å². The van der Waals surface area contributed by atoms with Crippen LogP contribution in [0.5, 0.6) is 0 Å². The predicted octanol–water partition coefficient (Wildman–Crippen LogP) is 3.12. The van der Waals surface area contributed by atoms with Crippen LogP contribution in [0, 0.1) is 10.1 Å². The van der Waals surface area contributed by atoms with Crippen LogP contribution in [0.25, 0.3) is 10.9 Å². The number of halogens is 3. The number of nitro groups is 1. The third-order valence-electron chi connectivity index (χ3n) is 2.42. The summed E-state index contributed by atoms with van der Waals surface area (Å²) < 4.78 is 36.7. The smallest absolute Gasteiger partial charge is 0.370 e. The van der Waals surface area contributed by atoms with Crippen molar-refractivity contribution >= 4 is 22.3 Å². The van der Waals surface area contributed by atoms with Gasteiger partial charge >= 0.3 is 11.9 Å². The van der Waals surface area contributed by atoms with Gasteiger partial charge in [-0.2, -0.15) is 13.2 Å². The van der Waals surface area contributed by atoms with E-state index in [1.54, 1.807) is 18.2 Å². The normalized spacial score (nSPS) is 11.5. The molecule has 5 nitrogen and oxygen atoms in total. The Morgan fingerprint density at radius 1 is 1.32 bits per heavy atom. The molecule has 0 aliphatic rings. The van der Waals surface area contributed by atoms with E-state index in [-0.39, 0.29) is 11.1 Å². The number of rotatable bonds is 3. The average Bonchev–Trinajstić information content (AvgIpc) is 2.34. The van der Waals surface area contributed by atoms with Gasteiger partial charge in [0.2, 0.25) is 0 Å². The zero-order chi connectivity index (χ0) is 14.0. The SMILES string of the molecule is O=[N+]([O-])c1cnc2ccccc2c1NCC(F)(F)F. The molecule has 0 unspecified atom stereocenters. The minimum Gasteiger partial charge on any atom is -0.370 e. The molecule has 0 atom stereocenters. The molecule has 0 spiro atoms. The van der Waals surface area contributed by atoms with Crippen molar-refractivity contribution in [2.75, 3.05) is 11.9 Å². The molecule has 0 radical (unpaired) electrons. The maximum absolute atomic E-state index is 12.2. The topological polar surface area (TPSA) is 68.1 Å². The van der Waals surface area contributed by atoms with Crippen LogP contribution in [-0.4, -0.2) is 22.6 Å². The van der Waals surface area contributed by atoms with E-state index in [9.17, 15) is 23.3 Å². The highest BCUT2D eigenvalue weighted by molar-refractivity contribution is 5.95. The fourth-order valence-electron chi connectivity index (χ4n) is 1.64. The molecule has 0 saturated heterocycles. The standard InChI is InChI=1S/C11H8F3N3O2/c12-11(13,14)6-16-10-7-3-1-2-4-8(7)15-5-9(10)17(18)19/h1-5H,6H2,(H,15,16). The summed E-state index contributed by atoms with van der Waals surface area (Å²) >= 11 is 0. The number of benzene rings is 1. The Kier molecular flexibility index (Phi) is 3.24. The summed E-state index contributed by atoms with van der Waals surface area (Å²) in [5, 5.41) is 13.2. The number of anilines is 1. The first-order valence-electron chi connectivity index (χ1n) is 5.21. The molecule has 1 aromatic carbocycles. The van der Waals surface area contributed by atoms with Crippen LogP contribution in [0.15, 0.2) is 30.5 Å². The van der Waals surface area contributed by atoms with Gasteiger partial charge in [0.25, 0.3) is 0 Å². The van der Waals surface area contributed by atoms with Crippen LogP contribution >= 0.6 is 0 Å². The fourth-order valence-corrected chi connectivity index (χ4v) is 1.64. The molecule has 100 valence electrons. The summed E-state index contributed by atoms with van der Waals surface area (Å²) in [6.07, 6.45) is -3.51. The number of hydrogen-bond donors (Lipinski definition) is 1. The number of para-hydroxylation sites is 1. The van der Waals surface area contributed by atoms with E-state index in [4.69, 9.17) is 0 Å². The predicted molar refractivity (Wildman–Crippen MR) is 62.9 cm³/mol. The van der Waals surface area contributed by atoms with Crippen molar-refractivity contribution in [2.24, 2.45) is 0 Å². The van der Waals surface area contributed by atoms with E-state index in [2.05, 4.69) is 10.3 Å². The van der Waals surface area contributed by atoms with E-state index in [1.807, 2.05) is 0 Å². The Labute approximate surface area is 105 Å². The zero-order valence-electron chi connectivity index (χ0n) is 9.44. The number of alkyl halides is 3. The summed E-state index contributed by atoms with van der Waals surface area (Å²) in [7, 11) is 0. The summed E-state index contributed by atoms with van der Waals surface area (Å²) in [5.41, 5.74) is -0.270. The molecule has 0 bridgehead atoms. The maximum Gasteiger partial charge on any atom is 0.405 e. The minimum atomic E-state index is -4.46. The first-order valence-corrected chi connectivity index (χ1v) is 5.21. The molecule has 1 aromatic heterocycles. The van der Waals surface area contributed by atoms with Crippen molar-refractivity contribution in [2.45, 2.75) is 6.18 Å². The van der Waals surface area contributed by atoms with Gasteiger partial charge in [-0.3, -0.25) is 10.1 Å². The highest BCUT2D eigenvalue weighted by Gasteiger charge is 2.29. The first-order chi connectivity index (χ1) is 8.88. The van der Waals surface area contributed by atoms with Crippen LogP contribution in [0.3, 0.4) is 0 Å². The summed E-state index contributed by atoms with van der Waals surface area (Å²) in [6.45, 7) is -1.35. The molecular weight excluding hydrogens is 263 g/mol. The average molecular weight is 271 g/mol. The van der Waals surface area contributed by atoms with Crippen molar-refractivity contribution < 1.29 is 18.1 Å². The van der Waals surface area contributed by atoms with Crippen LogP contribution in [0.1, 0.15) is 0 Å². The second-order valence-electron chi connectivity index (χ2n) is 3.76. The van der Waals surface area contributed by atoms with Gasteiger partial charge in [0.15, 0.2) is 0 Å². The molecule has 19 heavy (non-hydrogen) atoms. The lowest BCUT2D eigenvalue weighted by atomic mass is 10.1. The molecule has 1 heterocycles. The molecule has 2 aromatic rings. The molecule has 0 fully saturated rings. The van der Waals surface area contributed by atoms with E-state index >= 15 is 0 Å². The Bertz CT molecular complexity index is 628. The number of aromatic nitrogens is 1. The lowest BCUT2D eigenvalue weighted by Crippen LogP contribution is -2.22. The molecule has 8 heteroatoms. The second kappa shape index (κ2) is 4.71. The quantitative estimate of drug-likeness (QED) is 0.688. The Balaban J connectivity index is 2.53. The van der Waals surface area contributed by atoms with Crippen molar-refractivity contribution in [1.29, 1.82) is 0 Å². The third-order valence-corrected chi connectivity index (χ3v) is 2.42. The highest BCUT2D eigenvalue weighted by Crippen LogP contribution is 2.32. The van der Waals surface area contributed by atoms with E-state index in [0.717, 1.165) is 6.20 Å². The highest BCUT2D eigenvalue weighted by atomic mass is 19.4. The number of hydrogen-bond acceptors (Lipinski definition) is 4. The number of nitrogens with zero attached hydrogens (tertiary/aromatic N) is 2. The number of nitrogens with one attached hydrogen (secondary N) is 1. The third kappa shape index (κ3) is 2.90. The van der Waals surface area contributed by atoms with Crippen molar-refractivity contribution in [3.8, 4) is 0 Å². The van der Waals surface area contributed by atoms with E-state index in [1.165, 1.54) is 6.07 Å². The van der Waals surface area contributed by atoms with Gasteiger partial charge in [-0.25, -0.2) is 4.98 Å². The van der Waals surface area contributed by atoms with Gasteiger partial charge in [0.1, 0.15) is 18.4 Å². The second-order valence-corrected chi connectivity index (χ2v) is 3.76. The van der Waals surface area contributed by atoms with Crippen molar-refractivity contribution in [3.63, 3.8) is 0 Å². The van der Waals surface area contributed by atoms with Crippen molar-refractivity contribution in [3.05, 3.63) is 40.6 Å². The van der Waals surface area contributed by atoms with Gasteiger partial charge in [0, 0.05) is 5.39 Å². The van der Waals surface area contributed by atoms with Crippen LogP contribution in [0.4, 0.5) is 24.5 Å². The maximum atomic E-state index is 12.2. The molecule has 2 rings (SSSR count). The fraction of sp³-hybridized carbons (Fsp3) is 0.182. The monoisotopic (exact) mass is 271 g/mol. The zero-order valence-corrected chi connectivity index (χ0v) is 9.44. The molecule has 0 saturated carbocycles. The molecule has 0 aliphatic heterocycles. The number of pyridine rings is 1. The van der Waals surface area contributed by atoms with Crippen molar-refractivity contribution in [1.82, 2.24) is 4.98 Å². The van der Waals surface area contributed by atoms with Gasteiger partial charge in [-0.15, -0.1) is 0 Å². The molecule has 0 amide bonds. The van der Waals surface area contributed by atoms with Crippen LogP contribution in [0.2, 0.25) is 0 Å². The van der Waals surface area contributed by atoms with E-state index < -0.39 is 23.3 Å². The number of fused-ring (bicyclic) bond motifs is 1. The van der Waals surface area contributed by atoms with Gasteiger partial charge < -0.3 is 5.32 Å². The molecule has 1 N–H and O–H groups in total. The Hall–Kier alpha value is -2.38. The molecule has 0 aliphatic carbocycles. The Morgan fingerprint density at radius 3 is 2.63 bits per heavy atom. The largest absolute Gasteiger partial charge is 0.405 e. The van der Waals surface area contributed by atoms with Crippen LogP contribution < -0.4 is 5.32 Å². The minimum absolute atomic E-state index is 0.173.